The van der Waals surface area contributed by atoms with Crippen LogP contribution in [0.15, 0.2) is 30.3 Å². The van der Waals surface area contributed by atoms with Crippen LogP contribution in [0.5, 0.6) is 0 Å². The Morgan fingerprint density at radius 3 is 2.38 bits per heavy atom. The van der Waals surface area contributed by atoms with Crippen LogP contribution in [0.2, 0.25) is 0 Å². The highest BCUT2D eigenvalue weighted by Gasteiger charge is 2.30. The number of piperazine rings is 1. The van der Waals surface area contributed by atoms with Gasteiger partial charge < -0.3 is 4.90 Å². The third kappa shape index (κ3) is 3.62. The standard InChI is InChI=1S/C17H24N6O/c1-17(2,3)16(24)22-11-9-21(10-12-22)13-15-18-19-20-23(15)14-7-5-4-6-8-14/h4-8H,9-13H2,1-3H3. The summed E-state index contributed by atoms with van der Waals surface area (Å²) >= 11 is 0. The van der Waals surface area contributed by atoms with Crippen LogP contribution in [0.1, 0.15) is 26.6 Å². The van der Waals surface area contributed by atoms with Gasteiger partial charge >= 0.3 is 0 Å². The summed E-state index contributed by atoms with van der Waals surface area (Å²) in [5.41, 5.74) is 0.638. The maximum absolute atomic E-state index is 12.4. The molecule has 128 valence electrons. The third-order valence-corrected chi connectivity index (χ3v) is 4.20. The topological polar surface area (TPSA) is 67.2 Å². The monoisotopic (exact) mass is 328 g/mol. The molecule has 7 heteroatoms. The number of carbonyl (C=O) groups is 1. The molecule has 2 heterocycles. The zero-order valence-electron chi connectivity index (χ0n) is 14.5. The number of nitrogens with zero attached hydrogens (tertiary/aromatic N) is 6. The van der Waals surface area contributed by atoms with Crippen molar-refractivity contribution in [3.05, 3.63) is 36.2 Å². The average molecular weight is 328 g/mol. The van der Waals surface area contributed by atoms with Gasteiger partial charge in [0.15, 0.2) is 5.82 Å². The second-order valence-corrected chi connectivity index (χ2v) is 7.16. The van der Waals surface area contributed by atoms with E-state index in [1.165, 1.54) is 0 Å². The van der Waals surface area contributed by atoms with E-state index in [0.29, 0.717) is 6.54 Å². The fourth-order valence-electron chi connectivity index (χ4n) is 2.86. The van der Waals surface area contributed by atoms with Gasteiger partial charge in [-0.05, 0) is 22.6 Å². The maximum atomic E-state index is 12.4. The van der Waals surface area contributed by atoms with Crippen molar-refractivity contribution in [1.29, 1.82) is 0 Å². The lowest BCUT2D eigenvalue weighted by atomic mass is 9.94. The van der Waals surface area contributed by atoms with Gasteiger partial charge in [0.2, 0.25) is 5.91 Å². The normalized spacial score (nSPS) is 16.4. The summed E-state index contributed by atoms with van der Waals surface area (Å²) in [5.74, 6) is 1.04. The number of carbonyl (C=O) groups excluding carboxylic acids is 1. The quantitative estimate of drug-likeness (QED) is 0.851. The molecule has 0 radical (unpaired) electrons. The first-order valence-electron chi connectivity index (χ1n) is 8.29. The van der Waals surface area contributed by atoms with E-state index in [1.807, 2.05) is 56.0 Å². The number of hydrogen-bond donors (Lipinski definition) is 0. The molecule has 7 nitrogen and oxygen atoms in total. The minimum absolute atomic E-state index is 0.219. The zero-order chi connectivity index (χ0) is 17.2. The Bertz CT molecular complexity index is 683. The van der Waals surface area contributed by atoms with Crippen LogP contribution in [0.25, 0.3) is 5.69 Å². The molecule has 0 N–H and O–H groups in total. The molecule has 1 aliphatic rings. The van der Waals surface area contributed by atoms with Crippen molar-refractivity contribution in [2.45, 2.75) is 27.3 Å². The van der Waals surface area contributed by atoms with Gasteiger partial charge in [0.1, 0.15) is 0 Å². The fourth-order valence-corrected chi connectivity index (χ4v) is 2.86. The number of hydrogen-bond acceptors (Lipinski definition) is 5. The van der Waals surface area contributed by atoms with E-state index < -0.39 is 0 Å². The molecule has 1 aliphatic heterocycles. The highest BCUT2D eigenvalue weighted by molar-refractivity contribution is 5.81. The Labute approximate surface area is 142 Å². The minimum Gasteiger partial charge on any atom is -0.340 e. The number of benzene rings is 1. The van der Waals surface area contributed by atoms with Crippen molar-refractivity contribution in [1.82, 2.24) is 30.0 Å². The lowest BCUT2D eigenvalue weighted by Crippen LogP contribution is -2.51. The van der Waals surface area contributed by atoms with E-state index in [1.54, 1.807) is 4.68 Å². The molecule has 0 saturated carbocycles. The lowest BCUT2D eigenvalue weighted by molar-refractivity contribution is -0.141. The zero-order valence-corrected chi connectivity index (χ0v) is 14.5. The molecule has 0 bridgehead atoms. The number of aromatic nitrogens is 4. The molecule has 2 aromatic rings. The fraction of sp³-hybridized carbons (Fsp3) is 0.529. The van der Waals surface area contributed by atoms with Gasteiger partial charge in [-0.15, -0.1) is 5.10 Å². The molecule has 1 aromatic carbocycles. The number of amides is 1. The van der Waals surface area contributed by atoms with E-state index in [-0.39, 0.29) is 11.3 Å². The molecule has 0 atom stereocenters. The summed E-state index contributed by atoms with van der Waals surface area (Å²) < 4.78 is 1.77. The molecule has 1 saturated heterocycles. The summed E-state index contributed by atoms with van der Waals surface area (Å²) in [7, 11) is 0. The van der Waals surface area contributed by atoms with Gasteiger partial charge in [0, 0.05) is 31.6 Å². The van der Waals surface area contributed by atoms with Crippen LogP contribution >= 0.6 is 0 Å². The predicted octanol–water partition coefficient (Wildman–Crippen LogP) is 1.35. The molecule has 0 aliphatic carbocycles. The average Bonchev–Trinajstić information content (AvgIpc) is 3.03. The predicted molar refractivity (Wildman–Crippen MR) is 90.5 cm³/mol. The minimum atomic E-state index is -0.320. The van der Waals surface area contributed by atoms with E-state index in [0.717, 1.165) is 37.7 Å². The summed E-state index contributed by atoms with van der Waals surface area (Å²) in [6, 6.07) is 9.88. The van der Waals surface area contributed by atoms with Crippen molar-refractivity contribution in [2.75, 3.05) is 26.2 Å². The summed E-state index contributed by atoms with van der Waals surface area (Å²) in [5, 5.41) is 12.1. The molecule has 1 amide bonds. The van der Waals surface area contributed by atoms with Gasteiger partial charge in [0.05, 0.1) is 12.2 Å². The number of para-hydroxylation sites is 1. The number of rotatable bonds is 3. The first-order chi connectivity index (χ1) is 11.4. The van der Waals surface area contributed by atoms with Crippen molar-refractivity contribution < 1.29 is 4.79 Å². The first-order valence-corrected chi connectivity index (χ1v) is 8.29. The summed E-state index contributed by atoms with van der Waals surface area (Å²) in [6.45, 7) is 9.76. The van der Waals surface area contributed by atoms with Crippen molar-refractivity contribution in [3.63, 3.8) is 0 Å². The first kappa shape index (κ1) is 16.6. The Morgan fingerprint density at radius 2 is 1.75 bits per heavy atom. The largest absolute Gasteiger partial charge is 0.340 e. The Balaban J connectivity index is 1.62. The summed E-state index contributed by atoms with van der Waals surface area (Å²) in [4.78, 5) is 16.6. The Hall–Kier alpha value is -2.28. The smallest absolute Gasteiger partial charge is 0.228 e. The molecule has 1 fully saturated rings. The van der Waals surface area contributed by atoms with Crippen molar-refractivity contribution in [3.8, 4) is 5.69 Å². The summed E-state index contributed by atoms with van der Waals surface area (Å²) in [6.07, 6.45) is 0. The van der Waals surface area contributed by atoms with Crippen LogP contribution < -0.4 is 0 Å². The van der Waals surface area contributed by atoms with Crippen LogP contribution in [0.4, 0.5) is 0 Å². The van der Waals surface area contributed by atoms with Crippen LogP contribution in [0, 0.1) is 5.41 Å². The van der Waals surface area contributed by atoms with Gasteiger partial charge in [-0.1, -0.05) is 39.0 Å². The molecular formula is C17H24N6O. The van der Waals surface area contributed by atoms with Gasteiger partial charge in [0.25, 0.3) is 0 Å². The van der Waals surface area contributed by atoms with E-state index in [2.05, 4.69) is 20.4 Å². The highest BCUT2D eigenvalue weighted by atomic mass is 16.2. The lowest BCUT2D eigenvalue weighted by Gasteiger charge is -2.37. The third-order valence-electron chi connectivity index (χ3n) is 4.20. The molecule has 3 rings (SSSR count). The maximum Gasteiger partial charge on any atom is 0.228 e. The van der Waals surface area contributed by atoms with Crippen molar-refractivity contribution in [2.24, 2.45) is 5.41 Å². The van der Waals surface area contributed by atoms with E-state index >= 15 is 0 Å². The van der Waals surface area contributed by atoms with Crippen LogP contribution in [-0.4, -0.2) is 62.1 Å². The molecule has 24 heavy (non-hydrogen) atoms. The number of tetrazole rings is 1. The second kappa shape index (κ2) is 6.68. The molecule has 1 aromatic heterocycles. The molecule has 0 unspecified atom stereocenters. The molecular weight excluding hydrogens is 304 g/mol. The Kier molecular flexibility index (Phi) is 4.62. The van der Waals surface area contributed by atoms with E-state index in [4.69, 9.17) is 0 Å². The SMILES string of the molecule is CC(C)(C)C(=O)N1CCN(Cc2nnnn2-c2ccccc2)CC1. The highest BCUT2D eigenvalue weighted by Crippen LogP contribution is 2.19. The Morgan fingerprint density at radius 1 is 1.08 bits per heavy atom. The van der Waals surface area contributed by atoms with Gasteiger partial charge in [-0.3, -0.25) is 9.69 Å². The van der Waals surface area contributed by atoms with E-state index in [9.17, 15) is 4.79 Å². The van der Waals surface area contributed by atoms with Gasteiger partial charge in [-0.25, -0.2) is 0 Å². The molecule has 0 spiro atoms. The second-order valence-electron chi connectivity index (χ2n) is 7.16. The van der Waals surface area contributed by atoms with Gasteiger partial charge in [-0.2, -0.15) is 4.68 Å². The van der Waals surface area contributed by atoms with Crippen molar-refractivity contribution >= 4 is 5.91 Å². The van der Waals surface area contributed by atoms with Crippen LogP contribution in [-0.2, 0) is 11.3 Å². The van der Waals surface area contributed by atoms with Crippen LogP contribution in [0.3, 0.4) is 0 Å².